The van der Waals surface area contributed by atoms with E-state index >= 15 is 0 Å². The average molecular weight is 237 g/mol. The van der Waals surface area contributed by atoms with E-state index in [1.807, 2.05) is 6.07 Å². The first-order valence-electron chi connectivity index (χ1n) is 6.07. The fourth-order valence-electron chi connectivity index (χ4n) is 1.99. The maximum absolute atomic E-state index is 4.20. The highest BCUT2D eigenvalue weighted by atomic mass is 32.2. The lowest BCUT2D eigenvalue weighted by atomic mass is 10.1. The lowest BCUT2D eigenvalue weighted by Crippen LogP contribution is -2.30. The zero-order chi connectivity index (χ0) is 11.1. The summed E-state index contributed by atoms with van der Waals surface area (Å²) in [5.41, 5.74) is 0. The molecular formula is C12H19N3S. The third-order valence-electron chi connectivity index (χ3n) is 2.84. The molecule has 1 aliphatic rings. The first-order chi connectivity index (χ1) is 7.95. The first kappa shape index (κ1) is 11.9. The third kappa shape index (κ3) is 4.10. The molecular weight excluding hydrogens is 218 g/mol. The molecule has 88 valence electrons. The zero-order valence-electron chi connectivity index (χ0n) is 9.64. The van der Waals surface area contributed by atoms with Gasteiger partial charge in [0.2, 0.25) is 0 Å². The van der Waals surface area contributed by atoms with Gasteiger partial charge in [0.15, 0.2) is 5.16 Å². The Kier molecular flexibility index (Phi) is 5.09. The summed E-state index contributed by atoms with van der Waals surface area (Å²) >= 11 is 1.76. The smallest absolute Gasteiger partial charge is 0.187 e. The van der Waals surface area contributed by atoms with Crippen molar-refractivity contribution >= 4 is 11.8 Å². The van der Waals surface area contributed by atoms with E-state index in [4.69, 9.17) is 0 Å². The summed E-state index contributed by atoms with van der Waals surface area (Å²) in [4.78, 5) is 11.0. The second-order valence-electron chi connectivity index (χ2n) is 4.14. The highest BCUT2D eigenvalue weighted by Gasteiger charge is 2.08. The van der Waals surface area contributed by atoms with Gasteiger partial charge in [-0.05, 0) is 45.0 Å². The largest absolute Gasteiger partial charge is 0.303 e. The van der Waals surface area contributed by atoms with E-state index in [0.717, 1.165) is 10.9 Å². The standard InChI is InChI=1S/C12H19N3S/c1-2-8-15(9-3-1)10-5-11-16-12-13-6-4-7-14-12/h4,6-7H,1-3,5,8-11H2. The molecule has 1 saturated heterocycles. The van der Waals surface area contributed by atoms with E-state index in [1.165, 1.54) is 45.3 Å². The zero-order valence-corrected chi connectivity index (χ0v) is 10.5. The van der Waals surface area contributed by atoms with Crippen molar-refractivity contribution in [3.8, 4) is 0 Å². The molecule has 0 aliphatic carbocycles. The van der Waals surface area contributed by atoms with Crippen LogP contribution in [-0.4, -0.2) is 40.3 Å². The van der Waals surface area contributed by atoms with Crippen LogP contribution in [0.5, 0.6) is 0 Å². The van der Waals surface area contributed by atoms with Gasteiger partial charge in [0, 0.05) is 18.1 Å². The monoisotopic (exact) mass is 237 g/mol. The summed E-state index contributed by atoms with van der Waals surface area (Å²) in [5.74, 6) is 1.13. The summed E-state index contributed by atoms with van der Waals surface area (Å²) in [6, 6.07) is 1.86. The van der Waals surface area contributed by atoms with Gasteiger partial charge in [-0.3, -0.25) is 0 Å². The Morgan fingerprint density at radius 2 is 1.88 bits per heavy atom. The van der Waals surface area contributed by atoms with Crippen molar-refractivity contribution in [1.29, 1.82) is 0 Å². The van der Waals surface area contributed by atoms with E-state index in [0.29, 0.717) is 0 Å². The van der Waals surface area contributed by atoms with Crippen LogP contribution in [-0.2, 0) is 0 Å². The summed E-state index contributed by atoms with van der Waals surface area (Å²) < 4.78 is 0. The Labute approximate surface area is 102 Å². The predicted molar refractivity (Wildman–Crippen MR) is 67.7 cm³/mol. The summed E-state index contributed by atoms with van der Waals surface area (Å²) in [5, 5.41) is 0.904. The highest BCUT2D eigenvalue weighted by Crippen LogP contribution is 2.14. The summed E-state index contributed by atoms with van der Waals surface area (Å²) in [7, 11) is 0. The molecule has 2 rings (SSSR count). The van der Waals surface area contributed by atoms with Crippen molar-refractivity contribution in [3.63, 3.8) is 0 Å². The predicted octanol–water partition coefficient (Wildman–Crippen LogP) is 2.44. The minimum Gasteiger partial charge on any atom is -0.303 e. The number of nitrogens with zero attached hydrogens (tertiary/aromatic N) is 3. The van der Waals surface area contributed by atoms with Gasteiger partial charge in [-0.15, -0.1) is 0 Å². The topological polar surface area (TPSA) is 29.0 Å². The number of thioether (sulfide) groups is 1. The molecule has 0 unspecified atom stereocenters. The van der Waals surface area contributed by atoms with Crippen LogP contribution in [0.15, 0.2) is 23.6 Å². The number of aromatic nitrogens is 2. The van der Waals surface area contributed by atoms with Crippen LogP contribution in [0, 0.1) is 0 Å². The second-order valence-corrected chi connectivity index (χ2v) is 5.20. The molecule has 3 nitrogen and oxygen atoms in total. The molecule has 0 amide bonds. The molecule has 0 bridgehead atoms. The lowest BCUT2D eigenvalue weighted by Gasteiger charge is -2.26. The highest BCUT2D eigenvalue weighted by molar-refractivity contribution is 7.99. The summed E-state index contributed by atoms with van der Waals surface area (Å²) in [6.07, 6.45) is 9.04. The fourth-order valence-corrected chi connectivity index (χ4v) is 2.72. The Morgan fingerprint density at radius 3 is 2.62 bits per heavy atom. The van der Waals surface area contributed by atoms with Crippen molar-refractivity contribution < 1.29 is 0 Å². The Morgan fingerprint density at radius 1 is 1.12 bits per heavy atom. The molecule has 1 aromatic rings. The van der Waals surface area contributed by atoms with Crippen LogP contribution in [0.25, 0.3) is 0 Å². The molecule has 0 saturated carbocycles. The van der Waals surface area contributed by atoms with Crippen LogP contribution in [0.4, 0.5) is 0 Å². The van der Waals surface area contributed by atoms with Crippen molar-refractivity contribution in [2.24, 2.45) is 0 Å². The van der Waals surface area contributed by atoms with Gasteiger partial charge >= 0.3 is 0 Å². The molecule has 1 aliphatic heterocycles. The average Bonchev–Trinajstić information content (AvgIpc) is 2.37. The van der Waals surface area contributed by atoms with Crippen LogP contribution in [0.2, 0.25) is 0 Å². The third-order valence-corrected chi connectivity index (χ3v) is 3.80. The molecule has 0 atom stereocenters. The maximum atomic E-state index is 4.20. The minimum atomic E-state index is 0.904. The molecule has 2 heterocycles. The number of likely N-dealkylation sites (tertiary alicyclic amines) is 1. The van der Waals surface area contributed by atoms with E-state index in [-0.39, 0.29) is 0 Å². The van der Waals surface area contributed by atoms with Crippen molar-refractivity contribution in [2.45, 2.75) is 30.8 Å². The van der Waals surface area contributed by atoms with Gasteiger partial charge in [-0.1, -0.05) is 18.2 Å². The SMILES string of the molecule is c1cnc(SCCCN2CCCCC2)nc1. The number of hydrogen-bond acceptors (Lipinski definition) is 4. The van der Waals surface area contributed by atoms with Gasteiger partial charge in [0.25, 0.3) is 0 Å². The van der Waals surface area contributed by atoms with Crippen LogP contribution in [0.1, 0.15) is 25.7 Å². The molecule has 1 fully saturated rings. The van der Waals surface area contributed by atoms with Crippen LogP contribution < -0.4 is 0 Å². The lowest BCUT2D eigenvalue weighted by molar-refractivity contribution is 0.230. The van der Waals surface area contributed by atoms with Gasteiger partial charge < -0.3 is 4.90 Å². The second kappa shape index (κ2) is 6.86. The molecule has 0 spiro atoms. The van der Waals surface area contributed by atoms with Gasteiger partial charge in [0.05, 0.1) is 0 Å². The quantitative estimate of drug-likeness (QED) is 0.447. The van der Waals surface area contributed by atoms with Gasteiger partial charge in [-0.25, -0.2) is 9.97 Å². The normalized spacial score (nSPS) is 17.5. The Hall–Kier alpha value is -0.610. The molecule has 0 aromatic carbocycles. The number of piperidine rings is 1. The van der Waals surface area contributed by atoms with Gasteiger partial charge in [0.1, 0.15) is 0 Å². The first-order valence-corrected chi connectivity index (χ1v) is 7.06. The minimum absolute atomic E-state index is 0.904. The van der Waals surface area contributed by atoms with E-state index < -0.39 is 0 Å². The van der Waals surface area contributed by atoms with E-state index in [9.17, 15) is 0 Å². The molecule has 16 heavy (non-hydrogen) atoms. The van der Waals surface area contributed by atoms with Crippen LogP contribution >= 0.6 is 11.8 Å². The number of hydrogen-bond donors (Lipinski definition) is 0. The molecule has 4 heteroatoms. The molecule has 1 aromatic heterocycles. The molecule has 0 radical (unpaired) electrons. The number of rotatable bonds is 5. The Bertz CT molecular complexity index is 286. The summed E-state index contributed by atoms with van der Waals surface area (Å²) in [6.45, 7) is 3.83. The van der Waals surface area contributed by atoms with Crippen molar-refractivity contribution in [3.05, 3.63) is 18.5 Å². The fraction of sp³-hybridized carbons (Fsp3) is 0.667. The van der Waals surface area contributed by atoms with Crippen LogP contribution in [0.3, 0.4) is 0 Å². The Balaban J connectivity index is 1.58. The van der Waals surface area contributed by atoms with E-state index in [2.05, 4.69) is 14.9 Å². The van der Waals surface area contributed by atoms with Crippen molar-refractivity contribution in [2.75, 3.05) is 25.4 Å². The maximum Gasteiger partial charge on any atom is 0.187 e. The van der Waals surface area contributed by atoms with Crippen molar-refractivity contribution in [1.82, 2.24) is 14.9 Å². The van der Waals surface area contributed by atoms with E-state index in [1.54, 1.807) is 24.2 Å². The van der Waals surface area contributed by atoms with Gasteiger partial charge in [-0.2, -0.15) is 0 Å². The molecule has 0 N–H and O–H groups in total.